The first-order valence-electron chi connectivity index (χ1n) is 8.71. The van der Waals surface area contributed by atoms with Gasteiger partial charge in [-0.15, -0.1) is 0 Å². The van der Waals surface area contributed by atoms with Crippen LogP contribution in [0.4, 0.5) is 4.79 Å². The molecule has 0 atom stereocenters. The number of nitrogens with one attached hydrogen (secondary N) is 1. The number of hydrogen-bond donors (Lipinski definition) is 1. The minimum atomic E-state index is -3.44. The van der Waals surface area contributed by atoms with Gasteiger partial charge >= 0.3 is 12.1 Å². The molecule has 156 valence electrons. The van der Waals surface area contributed by atoms with Gasteiger partial charge in [0.1, 0.15) is 5.60 Å². The van der Waals surface area contributed by atoms with E-state index >= 15 is 0 Å². The summed E-state index contributed by atoms with van der Waals surface area (Å²) in [4.78, 5) is 53.9. The Kier molecular flexibility index (Phi) is 4.89. The Morgan fingerprint density at radius 2 is 1.62 bits per heavy atom. The van der Waals surface area contributed by atoms with Crippen molar-refractivity contribution in [3.05, 3.63) is 35.4 Å². The van der Waals surface area contributed by atoms with Gasteiger partial charge in [-0.25, -0.2) is 18.0 Å². The second-order valence-electron chi connectivity index (χ2n) is 8.03. The Bertz CT molecular complexity index is 962. The number of fused-ring (bicyclic) bond motifs is 1. The molecule has 0 bridgehead atoms. The average Bonchev–Trinajstić information content (AvgIpc) is 2.76. The third-order valence-corrected chi connectivity index (χ3v) is 6.18. The molecule has 0 saturated carbocycles. The predicted molar refractivity (Wildman–Crippen MR) is 98.4 cm³/mol. The predicted octanol–water partition coefficient (Wildman–Crippen LogP) is 0.823. The molecule has 1 fully saturated rings. The molecule has 1 saturated heterocycles. The number of imide groups is 1. The fraction of sp³-hybridized carbons (Fsp3) is 0.444. The number of nitrogens with zero attached hydrogens (tertiary/aromatic N) is 1. The van der Waals surface area contributed by atoms with Gasteiger partial charge in [0.2, 0.25) is 0 Å². The molecule has 10 nitrogen and oxygen atoms in total. The summed E-state index contributed by atoms with van der Waals surface area (Å²) < 4.78 is 28.5. The molecule has 2 aliphatic rings. The van der Waals surface area contributed by atoms with Crippen LogP contribution in [0.2, 0.25) is 0 Å². The molecule has 29 heavy (non-hydrogen) atoms. The summed E-state index contributed by atoms with van der Waals surface area (Å²) >= 11 is 0. The molecule has 1 aromatic carbocycles. The van der Waals surface area contributed by atoms with Crippen molar-refractivity contribution in [2.24, 2.45) is 0 Å². The first-order chi connectivity index (χ1) is 13.3. The Hall–Kier alpha value is -2.95. The van der Waals surface area contributed by atoms with Crippen LogP contribution in [0.1, 0.15) is 47.9 Å². The van der Waals surface area contributed by atoms with E-state index in [1.807, 2.05) is 0 Å². The number of carbonyl (C=O) groups is 4. The molecule has 1 N–H and O–H groups in total. The normalized spacial score (nSPS) is 19.2. The Morgan fingerprint density at radius 1 is 1.10 bits per heavy atom. The summed E-state index contributed by atoms with van der Waals surface area (Å²) in [7, 11) is -3.44. The highest BCUT2D eigenvalue weighted by Crippen LogP contribution is 2.29. The number of sulfone groups is 1. The molecule has 0 aromatic heterocycles. The second-order valence-corrected chi connectivity index (χ2v) is 10.1. The van der Waals surface area contributed by atoms with E-state index in [0.29, 0.717) is 5.06 Å². The van der Waals surface area contributed by atoms with E-state index in [1.165, 1.54) is 12.1 Å². The molecule has 3 amide bonds. The number of rotatable bonds is 4. The minimum absolute atomic E-state index is 0.0955. The molecule has 0 aliphatic carbocycles. The van der Waals surface area contributed by atoms with Crippen LogP contribution in [-0.2, 0) is 24.2 Å². The molecule has 2 aliphatic heterocycles. The van der Waals surface area contributed by atoms with Crippen molar-refractivity contribution in [3.63, 3.8) is 0 Å². The van der Waals surface area contributed by atoms with Crippen LogP contribution in [0.5, 0.6) is 0 Å². The highest BCUT2D eigenvalue weighted by atomic mass is 32.2. The van der Waals surface area contributed by atoms with Crippen LogP contribution in [0, 0.1) is 0 Å². The van der Waals surface area contributed by atoms with E-state index in [2.05, 4.69) is 5.32 Å². The van der Waals surface area contributed by atoms with E-state index in [9.17, 15) is 27.6 Å². The number of ether oxygens (including phenoxy) is 1. The van der Waals surface area contributed by atoms with Crippen molar-refractivity contribution < 1.29 is 37.2 Å². The Morgan fingerprint density at radius 3 is 2.07 bits per heavy atom. The van der Waals surface area contributed by atoms with Crippen molar-refractivity contribution in [2.45, 2.75) is 38.3 Å². The lowest BCUT2D eigenvalue weighted by Gasteiger charge is -2.41. The summed E-state index contributed by atoms with van der Waals surface area (Å²) in [5.41, 5.74) is -2.07. The standard InChI is InChI=1S/C18H20N2O8S/c1-17(2,3)27-16(24)19-18(9-29(25,26)10-18)8-13(21)28-20-14(22)11-6-4-5-7-12(11)15(20)23/h4-7H,8-10H2,1-3H3,(H,19,24). The lowest BCUT2D eigenvalue weighted by Crippen LogP contribution is -2.66. The van der Waals surface area contributed by atoms with Crippen molar-refractivity contribution in [3.8, 4) is 0 Å². The van der Waals surface area contributed by atoms with Crippen LogP contribution in [0.25, 0.3) is 0 Å². The number of hydrogen-bond acceptors (Lipinski definition) is 8. The maximum Gasteiger partial charge on any atom is 0.408 e. The molecule has 11 heteroatoms. The molecule has 1 aromatic rings. The number of benzene rings is 1. The van der Waals surface area contributed by atoms with Crippen LogP contribution in [0.15, 0.2) is 24.3 Å². The maximum atomic E-state index is 12.4. The van der Waals surface area contributed by atoms with E-state index in [1.54, 1.807) is 32.9 Å². The summed E-state index contributed by atoms with van der Waals surface area (Å²) in [6.07, 6.45) is -1.44. The van der Waals surface area contributed by atoms with Crippen LogP contribution in [0.3, 0.4) is 0 Å². The SMILES string of the molecule is CC(C)(C)OC(=O)NC1(CC(=O)ON2C(=O)c3ccccc3C2=O)CS(=O)(=O)C1. The molecule has 3 rings (SSSR count). The van der Waals surface area contributed by atoms with Gasteiger partial charge < -0.3 is 14.9 Å². The summed E-state index contributed by atoms with van der Waals surface area (Å²) in [5.74, 6) is -3.61. The summed E-state index contributed by atoms with van der Waals surface area (Å²) in [5, 5.41) is 2.74. The van der Waals surface area contributed by atoms with Gasteiger partial charge in [-0.3, -0.25) is 9.59 Å². The number of alkyl carbamates (subject to hydrolysis) is 1. The number of amides is 3. The molecule has 0 radical (unpaired) electrons. The van der Waals surface area contributed by atoms with Gasteiger partial charge in [0, 0.05) is 0 Å². The van der Waals surface area contributed by atoms with Gasteiger partial charge in [-0.05, 0) is 32.9 Å². The van der Waals surface area contributed by atoms with Crippen molar-refractivity contribution in [2.75, 3.05) is 11.5 Å². The maximum absolute atomic E-state index is 12.4. The molecule has 0 spiro atoms. The topological polar surface area (TPSA) is 136 Å². The van der Waals surface area contributed by atoms with Crippen LogP contribution >= 0.6 is 0 Å². The van der Waals surface area contributed by atoms with Crippen molar-refractivity contribution in [1.29, 1.82) is 0 Å². The molecule has 0 unspecified atom stereocenters. The van der Waals surface area contributed by atoms with Gasteiger partial charge in [-0.1, -0.05) is 17.2 Å². The first-order valence-corrected chi connectivity index (χ1v) is 10.5. The first kappa shape index (κ1) is 20.8. The van der Waals surface area contributed by atoms with Gasteiger partial charge in [-0.2, -0.15) is 0 Å². The highest BCUT2D eigenvalue weighted by molar-refractivity contribution is 7.93. The fourth-order valence-electron chi connectivity index (χ4n) is 3.20. The molecular formula is C18H20N2O8S. The second kappa shape index (κ2) is 6.83. The largest absolute Gasteiger partial charge is 0.444 e. The fourth-order valence-corrected chi connectivity index (χ4v) is 5.15. The zero-order valence-corrected chi connectivity index (χ0v) is 16.9. The van der Waals surface area contributed by atoms with Crippen LogP contribution in [-0.4, -0.2) is 60.0 Å². The molecule has 2 heterocycles. The summed E-state index contributed by atoms with van der Waals surface area (Å²) in [6.45, 7) is 4.90. The smallest absolute Gasteiger partial charge is 0.408 e. The monoisotopic (exact) mass is 424 g/mol. The zero-order chi connectivity index (χ0) is 21.6. The average molecular weight is 424 g/mol. The van der Waals surface area contributed by atoms with Crippen molar-refractivity contribution >= 4 is 33.7 Å². The Balaban J connectivity index is 1.70. The third kappa shape index (κ3) is 4.39. The van der Waals surface area contributed by atoms with E-state index in [0.717, 1.165) is 0 Å². The molecular weight excluding hydrogens is 404 g/mol. The lowest BCUT2D eigenvalue weighted by atomic mass is 9.99. The summed E-state index contributed by atoms with van der Waals surface area (Å²) in [6, 6.07) is 5.98. The van der Waals surface area contributed by atoms with E-state index in [4.69, 9.17) is 9.57 Å². The number of carbonyl (C=O) groups excluding carboxylic acids is 4. The zero-order valence-electron chi connectivity index (χ0n) is 16.1. The lowest BCUT2D eigenvalue weighted by molar-refractivity contribution is -0.170. The Labute approximate surface area is 167 Å². The van der Waals surface area contributed by atoms with Gasteiger partial charge in [0.25, 0.3) is 11.8 Å². The minimum Gasteiger partial charge on any atom is -0.444 e. The van der Waals surface area contributed by atoms with E-state index < -0.39 is 62.8 Å². The van der Waals surface area contributed by atoms with Crippen molar-refractivity contribution in [1.82, 2.24) is 10.4 Å². The van der Waals surface area contributed by atoms with Gasteiger partial charge in [0.05, 0.1) is 34.6 Å². The van der Waals surface area contributed by atoms with E-state index in [-0.39, 0.29) is 11.1 Å². The van der Waals surface area contributed by atoms with Crippen LogP contribution < -0.4 is 5.32 Å². The van der Waals surface area contributed by atoms with Gasteiger partial charge in [0.15, 0.2) is 9.84 Å². The third-order valence-electron chi connectivity index (χ3n) is 4.19. The quantitative estimate of drug-likeness (QED) is 0.702. The number of hydroxylamine groups is 2. The highest BCUT2D eigenvalue weighted by Gasteiger charge is 2.52.